The van der Waals surface area contributed by atoms with Gasteiger partial charge in [-0.15, -0.1) is 11.3 Å². The van der Waals surface area contributed by atoms with E-state index in [1.165, 1.54) is 22.6 Å². The smallest absolute Gasteiger partial charge is 0.217 e. The molecule has 2 rings (SSSR count). The molecule has 1 aromatic heterocycles. The van der Waals surface area contributed by atoms with Crippen LogP contribution in [0.2, 0.25) is 0 Å². The molecule has 0 aliphatic carbocycles. The lowest BCUT2D eigenvalue weighted by atomic mass is 10.1. The van der Waals surface area contributed by atoms with Crippen LogP contribution in [-0.2, 0) is 4.79 Å². The highest BCUT2D eigenvalue weighted by atomic mass is 32.1. The summed E-state index contributed by atoms with van der Waals surface area (Å²) in [6.45, 7) is 15.1. The van der Waals surface area contributed by atoms with Gasteiger partial charge in [-0.2, -0.15) is 0 Å². The van der Waals surface area contributed by atoms with Crippen molar-refractivity contribution in [3.05, 3.63) is 78.2 Å². The molecule has 0 aliphatic heterocycles. The Hall–Kier alpha value is -2.43. The molecule has 2 N–H and O–H groups in total. The van der Waals surface area contributed by atoms with Crippen molar-refractivity contribution in [1.29, 1.82) is 0 Å². The van der Waals surface area contributed by atoms with Crippen molar-refractivity contribution >= 4 is 32.9 Å². The van der Waals surface area contributed by atoms with E-state index < -0.39 is 0 Å². The van der Waals surface area contributed by atoms with E-state index in [0.29, 0.717) is 6.54 Å². The maximum absolute atomic E-state index is 10.5. The van der Waals surface area contributed by atoms with Crippen molar-refractivity contribution in [2.75, 3.05) is 13.2 Å². The lowest BCUT2D eigenvalue weighted by Gasteiger charge is -2.00. The first-order valence-corrected chi connectivity index (χ1v) is 8.70. The fourth-order valence-electron chi connectivity index (χ4n) is 1.99. The van der Waals surface area contributed by atoms with Crippen LogP contribution in [0.3, 0.4) is 0 Å². The Labute approximate surface area is 153 Å². The van der Waals surface area contributed by atoms with E-state index in [1.807, 2.05) is 6.08 Å². The van der Waals surface area contributed by atoms with Crippen LogP contribution in [0.1, 0.15) is 17.4 Å². The van der Waals surface area contributed by atoms with Crippen molar-refractivity contribution in [2.24, 2.45) is 0 Å². The van der Waals surface area contributed by atoms with Crippen molar-refractivity contribution in [1.82, 2.24) is 5.32 Å². The van der Waals surface area contributed by atoms with Gasteiger partial charge in [0.15, 0.2) is 0 Å². The highest BCUT2D eigenvalue weighted by Crippen LogP contribution is 2.30. The molecule has 4 heteroatoms. The first-order chi connectivity index (χ1) is 11.9. The molecular formula is C21H25NO2S. The van der Waals surface area contributed by atoms with Crippen molar-refractivity contribution < 1.29 is 9.90 Å². The van der Waals surface area contributed by atoms with Gasteiger partial charge in [0.25, 0.3) is 0 Å². The van der Waals surface area contributed by atoms with Gasteiger partial charge in [0.2, 0.25) is 5.91 Å². The SMILES string of the molecule is C=C(CO)c1cc2cc(C)ccc2s1.C=C/C=C(\C=C)CNC(C)=O. The number of carbonyl (C=O) groups is 1. The molecule has 0 unspecified atom stereocenters. The molecule has 2 aromatic rings. The van der Waals surface area contributed by atoms with Gasteiger partial charge >= 0.3 is 0 Å². The number of hydrogen-bond acceptors (Lipinski definition) is 3. The fraction of sp³-hybridized carbons (Fsp3) is 0.190. The number of rotatable bonds is 6. The van der Waals surface area contributed by atoms with Gasteiger partial charge in [-0.3, -0.25) is 4.79 Å². The second kappa shape index (κ2) is 10.4. The van der Waals surface area contributed by atoms with E-state index in [-0.39, 0.29) is 12.5 Å². The highest BCUT2D eigenvalue weighted by Gasteiger charge is 2.03. The number of fused-ring (bicyclic) bond motifs is 1. The van der Waals surface area contributed by atoms with Crippen LogP contribution in [-0.4, -0.2) is 24.2 Å². The number of aryl methyl sites for hydroxylation is 1. The molecular weight excluding hydrogens is 330 g/mol. The minimum Gasteiger partial charge on any atom is -0.392 e. The average molecular weight is 356 g/mol. The molecule has 25 heavy (non-hydrogen) atoms. The molecule has 1 heterocycles. The van der Waals surface area contributed by atoms with E-state index in [1.54, 1.807) is 23.5 Å². The second-order valence-corrected chi connectivity index (χ2v) is 6.59. The van der Waals surface area contributed by atoms with Crippen LogP contribution >= 0.6 is 11.3 Å². The van der Waals surface area contributed by atoms with Crippen LogP contribution in [0.4, 0.5) is 0 Å². The number of amides is 1. The standard InChI is InChI=1S/C12H12OS.C9H13NO/c1-8-3-4-11-10(5-8)6-12(14-11)9(2)7-13;1-4-6-9(5-2)7-10-8(3)11/h3-6,13H,2,7H2,1H3;4-6H,1-2,7H2,3H3,(H,10,11)/b;9-6+. The lowest BCUT2D eigenvalue weighted by molar-refractivity contribution is -0.118. The van der Waals surface area contributed by atoms with Gasteiger partial charge in [-0.05, 0) is 35.6 Å². The van der Waals surface area contributed by atoms with Crippen LogP contribution < -0.4 is 5.32 Å². The maximum Gasteiger partial charge on any atom is 0.217 e. The van der Waals surface area contributed by atoms with Gasteiger partial charge in [-0.25, -0.2) is 0 Å². The second-order valence-electron chi connectivity index (χ2n) is 5.50. The molecule has 0 saturated carbocycles. The largest absolute Gasteiger partial charge is 0.392 e. The van der Waals surface area contributed by atoms with E-state index in [9.17, 15) is 4.79 Å². The first-order valence-electron chi connectivity index (χ1n) is 7.89. The van der Waals surface area contributed by atoms with Gasteiger partial charge in [0, 0.05) is 23.0 Å². The third-order valence-electron chi connectivity index (χ3n) is 3.35. The summed E-state index contributed by atoms with van der Waals surface area (Å²) in [6.07, 6.45) is 5.17. The third-order valence-corrected chi connectivity index (χ3v) is 4.56. The Kier molecular flexibility index (Phi) is 8.61. The van der Waals surface area contributed by atoms with Crippen molar-refractivity contribution in [3.8, 4) is 0 Å². The minimum absolute atomic E-state index is 0.0335. The number of nitrogens with one attached hydrogen (secondary N) is 1. The molecule has 0 bridgehead atoms. The van der Waals surface area contributed by atoms with E-state index in [2.05, 4.69) is 56.2 Å². The first kappa shape index (κ1) is 20.6. The van der Waals surface area contributed by atoms with Gasteiger partial charge in [0.1, 0.15) is 0 Å². The number of aliphatic hydroxyl groups is 1. The predicted molar refractivity (Wildman–Crippen MR) is 110 cm³/mol. The minimum atomic E-state index is -0.0400. The Bertz CT molecular complexity index is 799. The Morgan fingerprint density at radius 3 is 2.60 bits per heavy atom. The molecule has 1 aromatic carbocycles. The average Bonchev–Trinajstić information content (AvgIpc) is 3.01. The van der Waals surface area contributed by atoms with Crippen molar-refractivity contribution in [3.63, 3.8) is 0 Å². The third kappa shape index (κ3) is 6.91. The Morgan fingerprint density at radius 2 is 2.04 bits per heavy atom. The van der Waals surface area contributed by atoms with E-state index in [0.717, 1.165) is 16.0 Å². The molecule has 0 atom stereocenters. The summed E-state index contributed by atoms with van der Waals surface area (Å²) in [4.78, 5) is 11.5. The topological polar surface area (TPSA) is 49.3 Å². The highest BCUT2D eigenvalue weighted by molar-refractivity contribution is 7.20. The summed E-state index contributed by atoms with van der Waals surface area (Å²) >= 11 is 1.68. The summed E-state index contributed by atoms with van der Waals surface area (Å²) in [6, 6.07) is 8.46. The number of aliphatic hydroxyl groups excluding tert-OH is 1. The molecule has 0 saturated heterocycles. The van der Waals surface area contributed by atoms with Crippen LogP contribution in [0.5, 0.6) is 0 Å². The summed E-state index contributed by atoms with van der Waals surface area (Å²) < 4.78 is 1.25. The number of carbonyl (C=O) groups excluding carboxylic acids is 1. The fourth-order valence-corrected chi connectivity index (χ4v) is 3.00. The predicted octanol–water partition coefficient (Wildman–Crippen LogP) is 4.64. The summed E-state index contributed by atoms with van der Waals surface area (Å²) in [5.41, 5.74) is 3.01. The van der Waals surface area contributed by atoms with E-state index in [4.69, 9.17) is 5.11 Å². The molecule has 0 aliphatic rings. The zero-order chi connectivity index (χ0) is 18.8. The molecule has 1 amide bonds. The number of benzene rings is 1. The van der Waals surface area contributed by atoms with Crippen LogP contribution in [0.15, 0.2) is 67.8 Å². The number of thiophene rings is 1. The van der Waals surface area contributed by atoms with E-state index >= 15 is 0 Å². The number of hydrogen-bond donors (Lipinski definition) is 2. The zero-order valence-corrected chi connectivity index (χ0v) is 15.7. The molecule has 132 valence electrons. The quantitative estimate of drug-likeness (QED) is 0.742. The van der Waals surface area contributed by atoms with Crippen LogP contribution in [0.25, 0.3) is 15.7 Å². The zero-order valence-electron chi connectivity index (χ0n) is 14.8. The Morgan fingerprint density at radius 1 is 1.32 bits per heavy atom. The molecule has 3 nitrogen and oxygen atoms in total. The monoisotopic (exact) mass is 355 g/mol. The van der Waals surface area contributed by atoms with Crippen molar-refractivity contribution in [2.45, 2.75) is 13.8 Å². The molecule has 0 spiro atoms. The van der Waals surface area contributed by atoms with Gasteiger partial charge < -0.3 is 10.4 Å². The maximum atomic E-state index is 10.5. The normalized spacial score (nSPS) is 10.6. The lowest BCUT2D eigenvalue weighted by Crippen LogP contribution is -2.21. The Balaban J connectivity index is 0.000000260. The number of allylic oxidation sites excluding steroid dienone is 2. The summed E-state index contributed by atoms with van der Waals surface area (Å²) in [5.74, 6) is -0.0400. The summed E-state index contributed by atoms with van der Waals surface area (Å²) in [5, 5.41) is 12.9. The summed E-state index contributed by atoms with van der Waals surface area (Å²) in [7, 11) is 0. The molecule has 0 radical (unpaired) electrons. The van der Waals surface area contributed by atoms with Crippen LogP contribution in [0, 0.1) is 6.92 Å². The van der Waals surface area contributed by atoms with Gasteiger partial charge in [0.05, 0.1) is 6.61 Å². The molecule has 0 fully saturated rings. The van der Waals surface area contributed by atoms with Gasteiger partial charge in [-0.1, -0.05) is 55.7 Å².